The number of imidazole rings is 1. The predicted octanol–water partition coefficient (Wildman–Crippen LogP) is 2.46. The normalized spacial score (nSPS) is 12.5. The van der Waals surface area contributed by atoms with Crippen LogP contribution in [0.5, 0.6) is 0 Å². The number of H-pyrrole nitrogens is 1. The summed E-state index contributed by atoms with van der Waals surface area (Å²) in [7, 11) is 5.71. The second kappa shape index (κ2) is 7.80. The molecular weight excluding hydrogens is 340 g/mol. The summed E-state index contributed by atoms with van der Waals surface area (Å²) in [6.45, 7) is 2.64. The number of carbonyl (C=O) groups is 1. The van der Waals surface area contributed by atoms with Crippen LogP contribution < -0.4 is 11.0 Å². The van der Waals surface area contributed by atoms with Crippen LogP contribution in [0.15, 0.2) is 47.3 Å². The van der Waals surface area contributed by atoms with E-state index in [9.17, 15) is 9.59 Å². The van der Waals surface area contributed by atoms with E-state index in [1.54, 1.807) is 25.2 Å². The molecule has 2 aromatic carbocycles. The Morgan fingerprint density at radius 3 is 2.52 bits per heavy atom. The van der Waals surface area contributed by atoms with Gasteiger partial charge >= 0.3 is 5.69 Å². The fraction of sp³-hybridized carbons (Fsp3) is 0.333. The first-order valence-electron chi connectivity index (χ1n) is 9.13. The third-order valence-corrected chi connectivity index (χ3v) is 5.02. The van der Waals surface area contributed by atoms with Crippen molar-refractivity contribution < 1.29 is 4.79 Å². The molecule has 6 heteroatoms. The smallest absolute Gasteiger partial charge is 0.326 e. The van der Waals surface area contributed by atoms with E-state index in [4.69, 9.17) is 0 Å². The predicted molar refractivity (Wildman–Crippen MR) is 108 cm³/mol. The maximum absolute atomic E-state index is 12.6. The number of nitrogens with zero attached hydrogens (tertiary/aromatic N) is 2. The van der Waals surface area contributed by atoms with Crippen molar-refractivity contribution in [2.45, 2.75) is 19.4 Å². The fourth-order valence-electron chi connectivity index (χ4n) is 3.24. The van der Waals surface area contributed by atoms with Gasteiger partial charge in [0.05, 0.1) is 17.1 Å². The minimum absolute atomic E-state index is 0.0834. The van der Waals surface area contributed by atoms with Gasteiger partial charge in [0.2, 0.25) is 0 Å². The van der Waals surface area contributed by atoms with Gasteiger partial charge in [-0.25, -0.2) is 4.79 Å². The molecule has 0 saturated heterocycles. The highest BCUT2D eigenvalue weighted by Gasteiger charge is 2.16. The van der Waals surface area contributed by atoms with Crippen molar-refractivity contribution >= 4 is 16.9 Å². The van der Waals surface area contributed by atoms with Gasteiger partial charge in [0, 0.05) is 19.2 Å². The van der Waals surface area contributed by atoms with Crippen LogP contribution >= 0.6 is 0 Å². The minimum Gasteiger partial charge on any atom is -0.350 e. The molecule has 3 aromatic rings. The lowest BCUT2D eigenvalue weighted by Crippen LogP contribution is -2.34. The van der Waals surface area contributed by atoms with Crippen molar-refractivity contribution in [1.82, 2.24) is 19.8 Å². The topological polar surface area (TPSA) is 70.1 Å². The van der Waals surface area contributed by atoms with E-state index in [2.05, 4.69) is 46.4 Å². The number of rotatable bonds is 6. The van der Waals surface area contributed by atoms with Crippen LogP contribution in [0.3, 0.4) is 0 Å². The Bertz CT molecular complexity index is 999. The molecule has 1 aromatic heterocycles. The number of fused-ring (bicyclic) bond motifs is 1. The third-order valence-electron chi connectivity index (χ3n) is 5.02. The van der Waals surface area contributed by atoms with Crippen LogP contribution in [0.4, 0.5) is 0 Å². The number of hydrogen-bond donors (Lipinski definition) is 2. The van der Waals surface area contributed by atoms with E-state index in [1.807, 2.05) is 14.1 Å². The molecule has 142 valence electrons. The van der Waals surface area contributed by atoms with Crippen molar-refractivity contribution in [3.63, 3.8) is 0 Å². The largest absolute Gasteiger partial charge is 0.350 e. The Morgan fingerprint density at radius 2 is 1.89 bits per heavy atom. The maximum Gasteiger partial charge on any atom is 0.326 e. The van der Waals surface area contributed by atoms with E-state index in [-0.39, 0.29) is 17.6 Å². The monoisotopic (exact) mass is 366 g/mol. The van der Waals surface area contributed by atoms with Gasteiger partial charge in [0.15, 0.2) is 0 Å². The number of amides is 1. The number of aryl methyl sites for hydroxylation is 2. The van der Waals surface area contributed by atoms with Gasteiger partial charge in [-0.2, -0.15) is 0 Å². The molecule has 0 aliphatic rings. The lowest BCUT2D eigenvalue weighted by atomic mass is 10.0. The van der Waals surface area contributed by atoms with Crippen LogP contribution in [0.25, 0.3) is 11.0 Å². The number of likely N-dealkylation sites (N-methyl/N-ethyl adjacent to an activating group) is 1. The molecule has 0 aliphatic carbocycles. The van der Waals surface area contributed by atoms with Crippen LogP contribution in [-0.4, -0.2) is 41.0 Å². The molecule has 0 spiro atoms. The zero-order valence-electron chi connectivity index (χ0n) is 16.2. The molecule has 0 fully saturated rings. The molecule has 27 heavy (non-hydrogen) atoms. The SMILES string of the molecule is CCc1ccc(C(CNC(=O)c2ccc3c(c2)[nH]c(=O)n3C)N(C)C)cc1. The minimum atomic E-state index is -0.189. The van der Waals surface area contributed by atoms with Gasteiger partial charge in [-0.1, -0.05) is 31.2 Å². The quantitative estimate of drug-likeness (QED) is 0.704. The van der Waals surface area contributed by atoms with Crippen LogP contribution in [0.1, 0.15) is 34.5 Å². The molecule has 6 nitrogen and oxygen atoms in total. The van der Waals surface area contributed by atoms with E-state index in [0.29, 0.717) is 17.6 Å². The van der Waals surface area contributed by atoms with E-state index < -0.39 is 0 Å². The Morgan fingerprint density at radius 1 is 1.19 bits per heavy atom. The molecule has 3 rings (SSSR count). The lowest BCUT2D eigenvalue weighted by molar-refractivity contribution is 0.0942. The fourth-order valence-corrected chi connectivity index (χ4v) is 3.24. The first kappa shape index (κ1) is 18.9. The first-order valence-corrected chi connectivity index (χ1v) is 9.13. The van der Waals surface area contributed by atoms with E-state index in [1.165, 1.54) is 15.7 Å². The lowest BCUT2D eigenvalue weighted by Gasteiger charge is -2.25. The molecular formula is C21H26N4O2. The summed E-state index contributed by atoms with van der Waals surface area (Å²) in [5, 5.41) is 3.01. The Labute approximate surface area is 158 Å². The standard InChI is InChI=1S/C21H26N4O2/c1-5-14-6-8-15(9-7-14)19(24(2)3)13-22-20(26)16-10-11-18-17(12-16)23-21(27)25(18)4/h6-12,19H,5,13H2,1-4H3,(H,22,26)(H,23,27). The second-order valence-corrected chi connectivity index (χ2v) is 7.01. The third kappa shape index (κ3) is 3.95. The highest BCUT2D eigenvalue weighted by molar-refractivity contribution is 5.97. The number of carbonyl (C=O) groups excluding carboxylic acids is 1. The Kier molecular flexibility index (Phi) is 5.46. The zero-order valence-corrected chi connectivity index (χ0v) is 16.2. The van der Waals surface area contributed by atoms with Gasteiger partial charge in [0.25, 0.3) is 5.91 Å². The highest BCUT2D eigenvalue weighted by atomic mass is 16.2. The molecule has 0 radical (unpaired) electrons. The average molecular weight is 366 g/mol. The number of aromatic amines is 1. The molecule has 2 N–H and O–H groups in total. The highest BCUT2D eigenvalue weighted by Crippen LogP contribution is 2.19. The molecule has 0 aliphatic heterocycles. The molecule has 1 atom stereocenters. The Hall–Kier alpha value is -2.86. The van der Waals surface area contributed by atoms with E-state index in [0.717, 1.165) is 11.9 Å². The Balaban J connectivity index is 1.74. The summed E-state index contributed by atoms with van der Waals surface area (Å²) >= 11 is 0. The van der Waals surface area contributed by atoms with Crippen molar-refractivity contribution in [1.29, 1.82) is 0 Å². The summed E-state index contributed by atoms with van der Waals surface area (Å²) in [5.41, 5.74) is 4.24. The molecule has 0 saturated carbocycles. The van der Waals surface area contributed by atoms with Crippen LogP contribution in [0.2, 0.25) is 0 Å². The van der Waals surface area contributed by atoms with Crippen molar-refractivity contribution in [3.8, 4) is 0 Å². The maximum atomic E-state index is 12.6. The van der Waals surface area contributed by atoms with Crippen molar-refractivity contribution in [3.05, 3.63) is 69.6 Å². The summed E-state index contributed by atoms with van der Waals surface area (Å²) in [6.07, 6.45) is 1.01. The van der Waals surface area contributed by atoms with Crippen molar-refractivity contribution in [2.24, 2.45) is 7.05 Å². The molecule has 0 bridgehead atoms. The summed E-state index contributed by atoms with van der Waals surface area (Å²) in [4.78, 5) is 29.2. The molecule has 1 unspecified atom stereocenters. The van der Waals surface area contributed by atoms with Gasteiger partial charge in [-0.3, -0.25) is 9.36 Å². The van der Waals surface area contributed by atoms with Gasteiger partial charge in [-0.15, -0.1) is 0 Å². The number of benzene rings is 2. The summed E-state index contributed by atoms with van der Waals surface area (Å²) in [5.74, 6) is -0.154. The van der Waals surface area contributed by atoms with Crippen LogP contribution in [0, 0.1) is 0 Å². The van der Waals surface area contributed by atoms with Gasteiger partial charge in [0.1, 0.15) is 0 Å². The van der Waals surface area contributed by atoms with Crippen molar-refractivity contribution in [2.75, 3.05) is 20.6 Å². The summed E-state index contributed by atoms with van der Waals surface area (Å²) < 4.78 is 1.53. The van der Waals surface area contributed by atoms with Gasteiger partial charge < -0.3 is 15.2 Å². The second-order valence-electron chi connectivity index (χ2n) is 7.01. The number of nitrogens with one attached hydrogen (secondary N) is 2. The summed E-state index contributed by atoms with van der Waals surface area (Å²) in [6, 6.07) is 13.8. The number of aromatic nitrogens is 2. The first-order chi connectivity index (χ1) is 12.9. The average Bonchev–Trinajstić information content (AvgIpc) is 2.95. The zero-order chi connectivity index (χ0) is 19.6. The number of hydrogen-bond acceptors (Lipinski definition) is 3. The van der Waals surface area contributed by atoms with Crippen LogP contribution in [-0.2, 0) is 13.5 Å². The van der Waals surface area contributed by atoms with E-state index >= 15 is 0 Å². The molecule has 1 heterocycles. The molecule has 1 amide bonds. The van der Waals surface area contributed by atoms with Gasteiger partial charge in [-0.05, 0) is 49.8 Å².